The van der Waals surface area contributed by atoms with Gasteiger partial charge in [0, 0.05) is 21.5 Å². The summed E-state index contributed by atoms with van der Waals surface area (Å²) in [5, 5.41) is 22.5. The molecule has 0 bridgehead atoms. The van der Waals surface area contributed by atoms with Gasteiger partial charge in [-0.15, -0.1) is 0 Å². The highest BCUT2D eigenvalue weighted by atomic mass is 19.4. The third kappa shape index (κ3) is 4.76. The van der Waals surface area contributed by atoms with Crippen LogP contribution in [0.15, 0.2) is 121 Å². The molecular formula is C40H20F6N4. The normalized spacial score (nSPS) is 12.2. The Kier molecular flexibility index (Phi) is 6.78. The number of halogens is 6. The van der Waals surface area contributed by atoms with Crippen molar-refractivity contribution >= 4 is 43.6 Å². The largest absolute Gasteiger partial charge is 0.417 e. The number of hydrogen-bond donors (Lipinski definition) is 0. The molecule has 2 heterocycles. The van der Waals surface area contributed by atoms with Gasteiger partial charge < -0.3 is 9.13 Å². The first-order valence-corrected chi connectivity index (χ1v) is 15.3. The van der Waals surface area contributed by atoms with Crippen molar-refractivity contribution in [2.45, 2.75) is 12.4 Å². The summed E-state index contributed by atoms with van der Waals surface area (Å²) in [6.07, 6.45) is -10.1. The Morgan fingerprint density at radius 3 is 1.50 bits per heavy atom. The van der Waals surface area contributed by atoms with E-state index in [1.54, 1.807) is 42.5 Å². The fourth-order valence-corrected chi connectivity index (χ4v) is 6.87. The number of nitriles is 2. The SMILES string of the molecule is N#Cc1ccc2c(c1)c1ccccc1n2-c1ccc(-c2ccc(C(F)(F)F)cc2C(F)(F)F)cc1-n1c2ccccc2c2cc(C#N)ccc21. The van der Waals surface area contributed by atoms with E-state index in [2.05, 4.69) is 12.1 Å². The molecule has 10 heteroatoms. The summed E-state index contributed by atoms with van der Waals surface area (Å²) in [6.45, 7) is 0. The second-order valence-corrected chi connectivity index (χ2v) is 11.9. The predicted molar refractivity (Wildman–Crippen MR) is 180 cm³/mol. The van der Waals surface area contributed by atoms with E-state index < -0.39 is 29.0 Å². The van der Waals surface area contributed by atoms with Crippen LogP contribution in [0.25, 0.3) is 66.1 Å². The number of fused-ring (bicyclic) bond motifs is 6. The molecule has 50 heavy (non-hydrogen) atoms. The Hall–Kier alpha value is -6.52. The molecule has 0 aliphatic heterocycles. The molecule has 0 saturated carbocycles. The highest BCUT2D eigenvalue weighted by Crippen LogP contribution is 2.44. The van der Waals surface area contributed by atoms with E-state index in [0.29, 0.717) is 39.6 Å². The van der Waals surface area contributed by atoms with Gasteiger partial charge in [-0.25, -0.2) is 0 Å². The van der Waals surface area contributed by atoms with Crippen LogP contribution in [-0.4, -0.2) is 9.13 Å². The minimum Gasteiger partial charge on any atom is -0.307 e. The van der Waals surface area contributed by atoms with Gasteiger partial charge in [-0.05, 0) is 83.9 Å². The summed E-state index contributed by atoms with van der Waals surface area (Å²) in [7, 11) is 0. The van der Waals surface area contributed by atoms with Crippen molar-refractivity contribution in [1.82, 2.24) is 9.13 Å². The second-order valence-electron chi connectivity index (χ2n) is 11.9. The lowest BCUT2D eigenvalue weighted by molar-refractivity contribution is -0.142. The minimum absolute atomic E-state index is 0.0527. The average molecular weight is 671 g/mol. The van der Waals surface area contributed by atoms with Crippen LogP contribution in [0.4, 0.5) is 26.3 Å². The first-order chi connectivity index (χ1) is 24.0. The average Bonchev–Trinajstić information content (AvgIpc) is 3.62. The highest BCUT2D eigenvalue weighted by molar-refractivity contribution is 6.12. The molecule has 4 nitrogen and oxygen atoms in total. The van der Waals surface area contributed by atoms with E-state index in [0.717, 1.165) is 38.6 Å². The molecule has 8 rings (SSSR count). The molecule has 0 aliphatic rings. The van der Waals surface area contributed by atoms with Gasteiger partial charge in [-0.2, -0.15) is 36.9 Å². The molecule has 0 amide bonds. The summed E-state index contributed by atoms with van der Waals surface area (Å²) in [6, 6.07) is 36.1. The molecule has 8 aromatic rings. The molecule has 2 aromatic heterocycles. The zero-order valence-corrected chi connectivity index (χ0v) is 25.6. The molecule has 0 atom stereocenters. The van der Waals surface area contributed by atoms with Crippen LogP contribution < -0.4 is 0 Å². The summed E-state index contributed by atoms with van der Waals surface area (Å²) < 4.78 is 88.0. The number of nitrogens with zero attached hydrogens (tertiary/aromatic N) is 4. The van der Waals surface area contributed by atoms with E-state index in [-0.39, 0.29) is 11.6 Å². The van der Waals surface area contributed by atoms with Gasteiger partial charge in [0.1, 0.15) is 0 Å². The third-order valence-corrected chi connectivity index (χ3v) is 9.02. The zero-order chi connectivity index (χ0) is 34.9. The summed E-state index contributed by atoms with van der Waals surface area (Å²) in [4.78, 5) is 0. The van der Waals surface area contributed by atoms with Crippen molar-refractivity contribution < 1.29 is 26.3 Å². The van der Waals surface area contributed by atoms with Gasteiger partial charge >= 0.3 is 12.4 Å². The highest BCUT2D eigenvalue weighted by Gasteiger charge is 2.38. The Morgan fingerprint density at radius 1 is 0.460 bits per heavy atom. The molecule has 0 fully saturated rings. The van der Waals surface area contributed by atoms with Crippen molar-refractivity contribution in [3.63, 3.8) is 0 Å². The maximum atomic E-state index is 14.5. The lowest BCUT2D eigenvalue weighted by Gasteiger charge is -2.20. The molecule has 0 unspecified atom stereocenters. The van der Waals surface area contributed by atoms with Crippen molar-refractivity contribution in [2.75, 3.05) is 0 Å². The first kappa shape index (κ1) is 30.8. The van der Waals surface area contributed by atoms with Crippen molar-refractivity contribution in [1.29, 1.82) is 10.5 Å². The smallest absolute Gasteiger partial charge is 0.307 e. The Morgan fingerprint density at radius 2 is 0.980 bits per heavy atom. The van der Waals surface area contributed by atoms with Gasteiger partial charge in [-0.1, -0.05) is 48.5 Å². The molecule has 0 aliphatic carbocycles. The maximum absolute atomic E-state index is 14.5. The molecule has 0 spiro atoms. The predicted octanol–water partition coefficient (Wildman–Crippen LogP) is 11.3. The van der Waals surface area contributed by atoms with Crippen molar-refractivity contribution in [3.05, 3.63) is 144 Å². The molecule has 0 N–H and O–H groups in total. The molecule has 242 valence electrons. The Balaban J connectivity index is 1.52. The Labute approximate surface area is 279 Å². The van der Waals surface area contributed by atoms with Crippen LogP contribution >= 0.6 is 0 Å². The maximum Gasteiger partial charge on any atom is 0.417 e. The summed E-state index contributed by atoms with van der Waals surface area (Å²) >= 11 is 0. The van der Waals surface area contributed by atoms with Gasteiger partial charge in [0.2, 0.25) is 0 Å². The molecule has 0 saturated heterocycles. The number of benzene rings is 6. The summed E-state index contributed by atoms with van der Waals surface area (Å²) in [5.74, 6) is 0. The van der Waals surface area contributed by atoms with Crippen LogP contribution in [-0.2, 0) is 12.4 Å². The van der Waals surface area contributed by atoms with Gasteiger partial charge in [0.15, 0.2) is 0 Å². The van der Waals surface area contributed by atoms with E-state index in [1.807, 2.05) is 63.7 Å². The van der Waals surface area contributed by atoms with Crippen LogP contribution in [0.1, 0.15) is 22.3 Å². The number of alkyl halides is 6. The lowest BCUT2D eigenvalue weighted by atomic mass is 9.96. The molecular weight excluding hydrogens is 650 g/mol. The van der Waals surface area contributed by atoms with Gasteiger partial charge in [0.05, 0.1) is 67.8 Å². The van der Waals surface area contributed by atoms with Gasteiger partial charge in [-0.3, -0.25) is 0 Å². The number of para-hydroxylation sites is 2. The Bertz CT molecular complexity index is 2770. The fourth-order valence-electron chi connectivity index (χ4n) is 6.87. The number of rotatable bonds is 3. The summed E-state index contributed by atoms with van der Waals surface area (Å²) in [5.41, 5.74) is 1.59. The van der Waals surface area contributed by atoms with E-state index in [1.165, 1.54) is 6.07 Å². The second kappa shape index (κ2) is 11.0. The zero-order valence-electron chi connectivity index (χ0n) is 25.6. The lowest BCUT2D eigenvalue weighted by Crippen LogP contribution is -2.12. The van der Waals surface area contributed by atoms with Crippen molar-refractivity contribution in [2.24, 2.45) is 0 Å². The molecule has 0 radical (unpaired) electrons. The van der Waals surface area contributed by atoms with Crippen LogP contribution in [0.2, 0.25) is 0 Å². The van der Waals surface area contributed by atoms with Crippen LogP contribution in [0, 0.1) is 22.7 Å². The topological polar surface area (TPSA) is 57.4 Å². The van der Waals surface area contributed by atoms with Crippen LogP contribution in [0.5, 0.6) is 0 Å². The monoisotopic (exact) mass is 670 g/mol. The molecule has 6 aromatic carbocycles. The first-order valence-electron chi connectivity index (χ1n) is 15.3. The standard InChI is InChI=1S/C40H20F6N4/c41-39(42,43)26-12-13-27(32(20-26)40(44,45)46)25-11-16-37(49-33-7-3-1-5-28(33)30-17-23(21-47)9-14-35(30)49)38(19-25)50-34-8-4-2-6-29(34)31-18-24(22-48)10-15-36(31)50/h1-20H. The fraction of sp³-hybridized carbons (Fsp3) is 0.0500. The van der Waals surface area contributed by atoms with E-state index in [9.17, 15) is 36.9 Å². The number of hydrogen-bond acceptors (Lipinski definition) is 2. The van der Waals surface area contributed by atoms with Gasteiger partial charge in [0.25, 0.3) is 0 Å². The van der Waals surface area contributed by atoms with E-state index >= 15 is 0 Å². The minimum atomic E-state index is -5.08. The quantitative estimate of drug-likeness (QED) is 0.176. The number of aromatic nitrogens is 2. The van der Waals surface area contributed by atoms with Crippen molar-refractivity contribution in [3.8, 4) is 34.6 Å². The third-order valence-electron chi connectivity index (χ3n) is 9.02. The van der Waals surface area contributed by atoms with E-state index in [4.69, 9.17) is 0 Å². The van der Waals surface area contributed by atoms with Crippen LogP contribution in [0.3, 0.4) is 0 Å².